The zero-order valence-corrected chi connectivity index (χ0v) is 17.6. The molecular formula is C24H23N3O4. The van der Waals surface area contributed by atoms with Crippen LogP contribution in [-0.4, -0.2) is 29.6 Å². The summed E-state index contributed by atoms with van der Waals surface area (Å²) in [7, 11) is 1.54. The molecule has 0 atom stereocenters. The Bertz CT molecular complexity index is 1170. The van der Waals surface area contributed by atoms with Crippen LogP contribution in [0.3, 0.4) is 0 Å². The Morgan fingerprint density at radius 1 is 1.13 bits per heavy atom. The number of anilines is 1. The summed E-state index contributed by atoms with van der Waals surface area (Å²) in [5.74, 6) is 1.71. The molecule has 1 amide bonds. The number of pyridine rings is 1. The van der Waals surface area contributed by atoms with E-state index in [1.807, 2.05) is 30.3 Å². The highest BCUT2D eigenvalue weighted by Gasteiger charge is 2.14. The van der Waals surface area contributed by atoms with E-state index in [2.05, 4.69) is 29.1 Å². The van der Waals surface area contributed by atoms with Crippen molar-refractivity contribution in [3.8, 4) is 23.0 Å². The molecule has 2 aromatic heterocycles. The molecule has 4 rings (SSSR count). The van der Waals surface area contributed by atoms with E-state index in [1.165, 1.54) is 5.56 Å². The van der Waals surface area contributed by atoms with Crippen LogP contribution in [0, 0.1) is 0 Å². The standard InChI is InChI=1S/C24H23N3O4/c1-15(2)16-6-9-18(10-7-16)30-14-22(28)26-19-13-17(8-11-20(19)29-3)24-27-23-21(31-24)5-4-12-25-23/h4-13,15H,14H2,1-3H3,(H,26,28). The number of methoxy groups -OCH3 is 1. The predicted molar refractivity (Wildman–Crippen MR) is 118 cm³/mol. The first-order valence-electron chi connectivity index (χ1n) is 9.96. The van der Waals surface area contributed by atoms with Gasteiger partial charge in [0.25, 0.3) is 5.91 Å². The Labute approximate surface area is 180 Å². The SMILES string of the molecule is COc1ccc(-c2nc3ncccc3o2)cc1NC(=O)COc1ccc(C(C)C)cc1. The van der Waals surface area contributed by atoms with Crippen molar-refractivity contribution < 1.29 is 18.7 Å². The lowest BCUT2D eigenvalue weighted by Crippen LogP contribution is -2.20. The Morgan fingerprint density at radius 3 is 2.65 bits per heavy atom. The van der Waals surface area contributed by atoms with Crippen molar-refractivity contribution in [1.29, 1.82) is 0 Å². The van der Waals surface area contributed by atoms with E-state index in [9.17, 15) is 4.79 Å². The average molecular weight is 417 g/mol. The van der Waals surface area contributed by atoms with Crippen LogP contribution in [0.1, 0.15) is 25.3 Å². The third kappa shape index (κ3) is 4.66. The van der Waals surface area contributed by atoms with Gasteiger partial charge >= 0.3 is 0 Å². The minimum Gasteiger partial charge on any atom is -0.495 e. The number of rotatable bonds is 7. The van der Waals surface area contributed by atoms with Gasteiger partial charge in [-0.1, -0.05) is 26.0 Å². The Hall–Kier alpha value is -3.87. The molecular weight excluding hydrogens is 394 g/mol. The maximum atomic E-state index is 12.5. The summed E-state index contributed by atoms with van der Waals surface area (Å²) in [6.07, 6.45) is 1.66. The summed E-state index contributed by atoms with van der Waals surface area (Å²) < 4.78 is 16.8. The van der Waals surface area contributed by atoms with Crippen LogP contribution in [0.5, 0.6) is 11.5 Å². The van der Waals surface area contributed by atoms with Crippen LogP contribution in [0.4, 0.5) is 5.69 Å². The van der Waals surface area contributed by atoms with Crippen LogP contribution in [0.2, 0.25) is 0 Å². The maximum absolute atomic E-state index is 12.5. The van der Waals surface area contributed by atoms with Crippen LogP contribution < -0.4 is 14.8 Å². The maximum Gasteiger partial charge on any atom is 0.262 e. The lowest BCUT2D eigenvalue weighted by molar-refractivity contribution is -0.118. The zero-order chi connectivity index (χ0) is 21.8. The molecule has 1 N–H and O–H groups in total. The van der Waals surface area contributed by atoms with E-state index < -0.39 is 0 Å². The lowest BCUT2D eigenvalue weighted by Gasteiger charge is -2.12. The highest BCUT2D eigenvalue weighted by Crippen LogP contribution is 2.31. The monoisotopic (exact) mass is 417 g/mol. The molecule has 158 valence electrons. The van der Waals surface area contributed by atoms with Gasteiger partial charge in [0.05, 0.1) is 12.8 Å². The van der Waals surface area contributed by atoms with Gasteiger partial charge < -0.3 is 19.2 Å². The summed E-state index contributed by atoms with van der Waals surface area (Å²) in [5.41, 5.74) is 3.53. The van der Waals surface area contributed by atoms with Gasteiger partial charge in [0.15, 0.2) is 17.8 Å². The van der Waals surface area contributed by atoms with Crippen molar-refractivity contribution >= 4 is 22.8 Å². The third-order valence-corrected chi connectivity index (χ3v) is 4.80. The fourth-order valence-electron chi connectivity index (χ4n) is 3.12. The van der Waals surface area contributed by atoms with Crippen molar-refractivity contribution in [2.24, 2.45) is 0 Å². The number of carbonyl (C=O) groups is 1. The quantitative estimate of drug-likeness (QED) is 0.453. The van der Waals surface area contributed by atoms with Crippen molar-refractivity contribution in [3.05, 3.63) is 66.4 Å². The first kappa shape index (κ1) is 20.4. The average Bonchev–Trinajstić information content (AvgIpc) is 3.22. The molecule has 7 nitrogen and oxygen atoms in total. The van der Waals surface area contributed by atoms with Gasteiger partial charge in [-0.3, -0.25) is 4.79 Å². The summed E-state index contributed by atoms with van der Waals surface area (Å²) >= 11 is 0. The Balaban J connectivity index is 1.47. The largest absolute Gasteiger partial charge is 0.495 e. The molecule has 4 aromatic rings. The molecule has 0 bridgehead atoms. The molecule has 0 unspecified atom stereocenters. The Kier molecular flexibility index (Phi) is 5.84. The highest BCUT2D eigenvalue weighted by atomic mass is 16.5. The molecule has 0 fully saturated rings. The minimum absolute atomic E-state index is 0.124. The molecule has 0 aliphatic carbocycles. The van der Waals surface area contributed by atoms with Gasteiger partial charge in [-0.15, -0.1) is 0 Å². The number of nitrogens with one attached hydrogen (secondary N) is 1. The third-order valence-electron chi connectivity index (χ3n) is 4.80. The van der Waals surface area contributed by atoms with E-state index >= 15 is 0 Å². The van der Waals surface area contributed by atoms with E-state index in [0.29, 0.717) is 45.8 Å². The topological polar surface area (TPSA) is 86.5 Å². The number of nitrogens with zero attached hydrogens (tertiary/aromatic N) is 2. The number of benzene rings is 2. The summed E-state index contributed by atoms with van der Waals surface area (Å²) in [4.78, 5) is 21.1. The van der Waals surface area contributed by atoms with Crippen LogP contribution in [-0.2, 0) is 4.79 Å². The number of oxazole rings is 1. The van der Waals surface area contributed by atoms with E-state index in [0.717, 1.165) is 0 Å². The molecule has 0 aliphatic heterocycles. The van der Waals surface area contributed by atoms with E-state index in [-0.39, 0.29) is 12.5 Å². The van der Waals surface area contributed by atoms with Gasteiger partial charge in [-0.2, -0.15) is 4.98 Å². The van der Waals surface area contributed by atoms with Crippen LogP contribution in [0.25, 0.3) is 22.7 Å². The first-order chi connectivity index (χ1) is 15.0. The molecule has 0 saturated heterocycles. The second-order valence-electron chi connectivity index (χ2n) is 7.32. The number of fused-ring (bicyclic) bond motifs is 1. The Morgan fingerprint density at radius 2 is 1.94 bits per heavy atom. The molecule has 0 spiro atoms. The zero-order valence-electron chi connectivity index (χ0n) is 17.6. The molecule has 2 heterocycles. The van der Waals surface area contributed by atoms with Gasteiger partial charge in [-0.25, -0.2) is 4.98 Å². The fraction of sp³-hybridized carbons (Fsp3) is 0.208. The predicted octanol–water partition coefficient (Wildman–Crippen LogP) is 5.04. The molecule has 31 heavy (non-hydrogen) atoms. The van der Waals surface area contributed by atoms with Crippen LogP contribution >= 0.6 is 0 Å². The summed E-state index contributed by atoms with van der Waals surface area (Å²) in [6, 6.07) is 16.6. The first-order valence-corrected chi connectivity index (χ1v) is 9.96. The van der Waals surface area contributed by atoms with Crippen molar-refractivity contribution in [2.75, 3.05) is 19.0 Å². The van der Waals surface area contributed by atoms with Crippen LogP contribution in [0.15, 0.2) is 65.2 Å². The number of aromatic nitrogens is 2. The van der Waals surface area contributed by atoms with Crippen molar-refractivity contribution in [1.82, 2.24) is 9.97 Å². The fourth-order valence-corrected chi connectivity index (χ4v) is 3.12. The molecule has 0 radical (unpaired) electrons. The minimum atomic E-state index is -0.303. The normalized spacial score (nSPS) is 11.0. The highest BCUT2D eigenvalue weighted by molar-refractivity contribution is 5.94. The number of amides is 1. The van der Waals surface area contributed by atoms with E-state index in [1.54, 1.807) is 37.6 Å². The van der Waals surface area contributed by atoms with Gasteiger partial charge in [0, 0.05) is 11.8 Å². The van der Waals surface area contributed by atoms with Gasteiger partial charge in [0.2, 0.25) is 5.89 Å². The second kappa shape index (κ2) is 8.87. The van der Waals surface area contributed by atoms with Crippen molar-refractivity contribution in [3.63, 3.8) is 0 Å². The second-order valence-corrected chi connectivity index (χ2v) is 7.32. The van der Waals surface area contributed by atoms with Gasteiger partial charge in [-0.05, 0) is 53.9 Å². The molecule has 0 aliphatic rings. The van der Waals surface area contributed by atoms with E-state index in [4.69, 9.17) is 13.9 Å². The number of ether oxygens (including phenoxy) is 2. The number of hydrogen-bond donors (Lipinski definition) is 1. The summed E-state index contributed by atoms with van der Waals surface area (Å²) in [6.45, 7) is 4.13. The smallest absolute Gasteiger partial charge is 0.262 e. The van der Waals surface area contributed by atoms with Gasteiger partial charge in [0.1, 0.15) is 11.5 Å². The summed E-state index contributed by atoms with van der Waals surface area (Å²) in [5, 5.41) is 2.83. The van der Waals surface area contributed by atoms with Crippen molar-refractivity contribution in [2.45, 2.75) is 19.8 Å². The lowest BCUT2D eigenvalue weighted by atomic mass is 10.0. The molecule has 0 saturated carbocycles. The molecule has 7 heteroatoms. The number of hydrogen-bond acceptors (Lipinski definition) is 6. The number of carbonyl (C=O) groups excluding carboxylic acids is 1. The molecule has 2 aromatic carbocycles.